The lowest BCUT2D eigenvalue weighted by Crippen LogP contribution is -2.37. The number of rotatable bonds is 8. The predicted molar refractivity (Wildman–Crippen MR) is 115 cm³/mol. The van der Waals surface area contributed by atoms with Gasteiger partial charge in [0.1, 0.15) is 11.6 Å². The number of benzene rings is 2. The quantitative estimate of drug-likeness (QED) is 0.591. The molecular weight excluding hydrogens is 387 g/mol. The molecule has 0 aliphatic heterocycles. The molecule has 0 aliphatic carbocycles. The summed E-state index contributed by atoms with van der Waals surface area (Å²) in [7, 11) is 3.55. The fraction of sp³-hybridized carbons (Fsp3) is 0.261. The van der Waals surface area contributed by atoms with Crippen molar-refractivity contribution in [3.63, 3.8) is 0 Å². The number of hydrogen-bond donors (Lipinski definition) is 1. The smallest absolute Gasteiger partial charge is 0.234 e. The molecule has 0 bridgehead atoms. The largest absolute Gasteiger partial charge is 0.496 e. The lowest BCUT2D eigenvalue weighted by molar-refractivity contribution is -0.122. The Balaban J connectivity index is 1.69. The molecule has 152 valence electrons. The van der Waals surface area contributed by atoms with E-state index in [4.69, 9.17) is 4.74 Å². The van der Waals surface area contributed by atoms with Crippen LogP contribution in [0.25, 0.3) is 0 Å². The maximum absolute atomic E-state index is 13.3. The Hall–Kier alpha value is -2.70. The number of nitrogens with one attached hydrogen (secondary N) is 1. The number of ether oxygens (including phenoxy) is 1. The van der Waals surface area contributed by atoms with Crippen molar-refractivity contribution in [2.75, 3.05) is 20.7 Å². The van der Waals surface area contributed by atoms with E-state index in [-0.39, 0.29) is 24.3 Å². The van der Waals surface area contributed by atoms with Crippen LogP contribution in [0.2, 0.25) is 0 Å². The van der Waals surface area contributed by atoms with Crippen molar-refractivity contribution in [2.24, 2.45) is 0 Å². The molecule has 0 fully saturated rings. The molecule has 1 aromatic heterocycles. The first-order valence-corrected chi connectivity index (χ1v) is 10.2. The van der Waals surface area contributed by atoms with Gasteiger partial charge in [0.05, 0.1) is 19.7 Å². The van der Waals surface area contributed by atoms with Crippen LogP contribution in [0.4, 0.5) is 4.39 Å². The van der Waals surface area contributed by atoms with Crippen molar-refractivity contribution in [1.82, 2.24) is 10.2 Å². The van der Waals surface area contributed by atoms with Gasteiger partial charge in [-0.3, -0.25) is 9.69 Å². The van der Waals surface area contributed by atoms with Gasteiger partial charge in [0, 0.05) is 17.0 Å². The van der Waals surface area contributed by atoms with Crippen LogP contribution in [0.15, 0.2) is 60.0 Å². The molecule has 3 rings (SSSR count). The van der Waals surface area contributed by atoms with Crippen molar-refractivity contribution in [3.05, 3.63) is 87.4 Å². The topological polar surface area (TPSA) is 41.6 Å². The Morgan fingerprint density at radius 1 is 1.21 bits per heavy atom. The maximum atomic E-state index is 13.3. The fourth-order valence-electron chi connectivity index (χ4n) is 3.26. The first-order chi connectivity index (χ1) is 14.0. The highest BCUT2D eigenvalue weighted by Crippen LogP contribution is 2.26. The molecule has 0 aliphatic rings. The van der Waals surface area contributed by atoms with Crippen molar-refractivity contribution in [3.8, 4) is 5.75 Å². The minimum absolute atomic E-state index is 0.0955. The minimum atomic E-state index is -0.301. The van der Waals surface area contributed by atoms with Gasteiger partial charge in [-0.25, -0.2) is 4.39 Å². The van der Waals surface area contributed by atoms with E-state index < -0.39 is 0 Å². The number of halogens is 1. The molecule has 0 saturated heterocycles. The third kappa shape index (κ3) is 5.65. The first-order valence-electron chi connectivity index (χ1n) is 9.36. The highest BCUT2D eigenvalue weighted by molar-refractivity contribution is 7.10. The average Bonchev–Trinajstić information content (AvgIpc) is 3.21. The molecule has 0 unspecified atom stereocenters. The Kier molecular flexibility index (Phi) is 7.01. The van der Waals surface area contributed by atoms with E-state index in [1.807, 2.05) is 48.5 Å². The van der Waals surface area contributed by atoms with Gasteiger partial charge in [-0.05, 0) is 49.2 Å². The Bertz CT molecular complexity index is 942. The summed E-state index contributed by atoms with van der Waals surface area (Å²) in [5.41, 5.74) is 3.04. The first kappa shape index (κ1) is 21.0. The van der Waals surface area contributed by atoms with Gasteiger partial charge in [0.15, 0.2) is 0 Å². The second-order valence-corrected chi connectivity index (χ2v) is 8.03. The Morgan fingerprint density at radius 2 is 1.97 bits per heavy atom. The van der Waals surface area contributed by atoms with Crippen LogP contribution < -0.4 is 10.1 Å². The van der Waals surface area contributed by atoms with Gasteiger partial charge in [-0.2, -0.15) is 0 Å². The lowest BCUT2D eigenvalue weighted by atomic mass is 10.1. The molecule has 0 radical (unpaired) electrons. The number of thiophene rings is 1. The molecule has 2 aromatic carbocycles. The third-order valence-electron chi connectivity index (χ3n) is 4.63. The zero-order valence-corrected chi connectivity index (χ0v) is 17.6. The van der Waals surface area contributed by atoms with Crippen LogP contribution in [0.3, 0.4) is 0 Å². The van der Waals surface area contributed by atoms with Crippen molar-refractivity contribution < 1.29 is 13.9 Å². The molecule has 0 saturated carbocycles. The van der Waals surface area contributed by atoms with Gasteiger partial charge in [-0.15, -0.1) is 11.3 Å². The highest BCUT2D eigenvalue weighted by Gasteiger charge is 2.19. The van der Waals surface area contributed by atoms with Crippen LogP contribution in [0.5, 0.6) is 5.75 Å². The van der Waals surface area contributed by atoms with Crippen molar-refractivity contribution in [1.29, 1.82) is 0 Å². The van der Waals surface area contributed by atoms with Crippen molar-refractivity contribution in [2.45, 2.75) is 19.5 Å². The lowest BCUT2D eigenvalue weighted by Gasteiger charge is -2.22. The van der Waals surface area contributed by atoms with Gasteiger partial charge < -0.3 is 10.1 Å². The summed E-state index contributed by atoms with van der Waals surface area (Å²) in [5.74, 6) is 0.421. The van der Waals surface area contributed by atoms with E-state index in [2.05, 4.69) is 11.4 Å². The van der Waals surface area contributed by atoms with Gasteiger partial charge in [-0.1, -0.05) is 35.9 Å². The second kappa shape index (κ2) is 9.67. The summed E-state index contributed by atoms with van der Waals surface area (Å²) in [4.78, 5) is 15.7. The zero-order chi connectivity index (χ0) is 20.8. The molecule has 0 spiro atoms. The SMILES string of the molecule is COc1ccc(C)cc1CN(C)CC(=O)N[C@H](c1ccc(F)cc1)c1cccs1. The number of amides is 1. The molecule has 6 heteroatoms. The average molecular weight is 413 g/mol. The highest BCUT2D eigenvalue weighted by atomic mass is 32.1. The van der Waals surface area contributed by atoms with Gasteiger partial charge >= 0.3 is 0 Å². The zero-order valence-electron chi connectivity index (χ0n) is 16.8. The number of nitrogens with zero attached hydrogens (tertiary/aromatic N) is 1. The molecule has 4 nitrogen and oxygen atoms in total. The van der Waals surface area contributed by atoms with Crippen LogP contribution in [-0.2, 0) is 11.3 Å². The van der Waals surface area contributed by atoms with Crippen LogP contribution >= 0.6 is 11.3 Å². The predicted octanol–water partition coefficient (Wildman–Crippen LogP) is 4.54. The van der Waals surface area contributed by atoms with Gasteiger partial charge in [0.2, 0.25) is 5.91 Å². The standard InChI is InChI=1S/C23H25FN2O2S/c1-16-6-11-20(28-3)18(13-16)14-26(2)15-22(27)25-23(21-5-4-12-29-21)17-7-9-19(24)10-8-17/h4-13,23H,14-15H2,1-3H3,(H,25,27)/t23-/m1/s1. The number of methoxy groups -OCH3 is 1. The fourth-order valence-corrected chi connectivity index (χ4v) is 4.06. The summed E-state index contributed by atoms with van der Waals surface area (Å²) in [6.07, 6.45) is 0. The summed E-state index contributed by atoms with van der Waals surface area (Å²) in [6, 6.07) is 15.9. The van der Waals surface area contributed by atoms with E-state index in [1.54, 1.807) is 30.6 Å². The molecule has 1 amide bonds. The monoisotopic (exact) mass is 412 g/mol. The van der Waals surface area contributed by atoms with E-state index in [9.17, 15) is 9.18 Å². The van der Waals surface area contributed by atoms with Crippen LogP contribution in [-0.4, -0.2) is 31.5 Å². The molecule has 1 atom stereocenters. The summed E-state index contributed by atoms with van der Waals surface area (Å²) < 4.78 is 18.8. The normalized spacial score (nSPS) is 12.0. The molecule has 3 aromatic rings. The maximum Gasteiger partial charge on any atom is 0.234 e. The molecular formula is C23H25FN2O2S. The molecule has 29 heavy (non-hydrogen) atoms. The number of carbonyl (C=O) groups excluding carboxylic acids is 1. The van der Waals surface area contributed by atoms with E-state index in [0.717, 1.165) is 27.3 Å². The number of aryl methyl sites for hydroxylation is 1. The Morgan fingerprint density at radius 3 is 2.62 bits per heavy atom. The third-order valence-corrected chi connectivity index (χ3v) is 5.56. The van der Waals surface area contributed by atoms with E-state index in [1.165, 1.54) is 12.1 Å². The molecule has 1 heterocycles. The number of hydrogen-bond acceptors (Lipinski definition) is 4. The van der Waals surface area contributed by atoms with Gasteiger partial charge in [0.25, 0.3) is 0 Å². The van der Waals surface area contributed by atoms with Crippen molar-refractivity contribution >= 4 is 17.2 Å². The minimum Gasteiger partial charge on any atom is -0.496 e. The summed E-state index contributed by atoms with van der Waals surface area (Å²) in [6.45, 7) is 2.86. The van der Waals surface area contributed by atoms with E-state index in [0.29, 0.717) is 6.54 Å². The summed E-state index contributed by atoms with van der Waals surface area (Å²) >= 11 is 1.56. The second-order valence-electron chi connectivity index (χ2n) is 7.06. The van der Waals surface area contributed by atoms with Crippen LogP contribution in [0, 0.1) is 12.7 Å². The number of carbonyl (C=O) groups is 1. The van der Waals surface area contributed by atoms with E-state index >= 15 is 0 Å². The molecule has 1 N–H and O–H groups in total. The van der Waals surface area contributed by atoms with Crippen LogP contribution in [0.1, 0.15) is 27.6 Å². The summed E-state index contributed by atoms with van der Waals surface area (Å²) in [5, 5.41) is 5.05. The number of likely N-dealkylation sites (N-methyl/N-ethyl adjacent to an activating group) is 1. The Labute approximate surface area is 174 Å².